The molecule has 0 aromatic heterocycles. The summed E-state index contributed by atoms with van der Waals surface area (Å²) in [5.74, 6) is -0.168. The van der Waals surface area contributed by atoms with Crippen molar-refractivity contribution in [1.82, 2.24) is 9.62 Å². The van der Waals surface area contributed by atoms with E-state index in [1.165, 1.54) is 28.8 Å². The van der Waals surface area contributed by atoms with E-state index in [0.29, 0.717) is 17.5 Å². The Morgan fingerprint density at radius 1 is 0.800 bits per heavy atom. The van der Waals surface area contributed by atoms with E-state index in [1.54, 1.807) is 30.3 Å². The third kappa shape index (κ3) is 6.43. The van der Waals surface area contributed by atoms with Crippen molar-refractivity contribution < 1.29 is 13.2 Å². The molecule has 5 rings (SSSR count). The van der Waals surface area contributed by atoms with Crippen LogP contribution in [0.4, 0.5) is 5.69 Å². The molecule has 4 aromatic rings. The van der Waals surface area contributed by atoms with Gasteiger partial charge in [0.05, 0.1) is 4.90 Å². The molecular formula is C33H35N3O3S. The van der Waals surface area contributed by atoms with Crippen molar-refractivity contribution >= 4 is 21.6 Å². The van der Waals surface area contributed by atoms with Gasteiger partial charge in [-0.1, -0.05) is 86.6 Å². The predicted octanol–water partition coefficient (Wildman–Crippen LogP) is 5.82. The van der Waals surface area contributed by atoms with E-state index in [0.717, 1.165) is 31.9 Å². The fraction of sp³-hybridized carbons (Fsp3) is 0.242. The van der Waals surface area contributed by atoms with E-state index in [-0.39, 0.29) is 4.90 Å². The van der Waals surface area contributed by atoms with Crippen LogP contribution >= 0.6 is 0 Å². The Morgan fingerprint density at radius 2 is 1.40 bits per heavy atom. The van der Waals surface area contributed by atoms with Crippen LogP contribution in [0.5, 0.6) is 0 Å². The Morgan fingerprint density at radius 3 is 2.02 bits per heavy atom. The monoisotopic (exact) mass is 553 g/mol. The van der Waals surface area contributed by atoms with Gasteiger partial charge in [-0.25, -0.2) is 13.1 Å². The number of nitrogens with zero attached hydrogens (tertiary/aromatic N) is 2. The van der Waals surface area contributed by atoms with Gasteiger partial charge in [0.2, 0.25) is 0 Å². The van der Waals surface area contributed by atoms with Crippen LogP contribution in [-0.2, 0) is 16.6 Å². The minimum absolute atomic E-state index is 0.0599. The summed E-state index contributed by atoms with van der Waals surface area (Å²) in [6.45, 7) is 8.12. The first-order valence-electron chi connectivity index (χ1n) is 13.7. The summed E-state index contributed by atoms with van der Waals surface area (Å²) in [5, 5.41) is 0. The van der Waals surface area contributed by atoms with Crippen LogP contribution < -0.4 is 9.62 Å². The Hall–Kier alpha value is -3.94. The molecule has 1 heterocycles. The van der Waals surface area contributed by atoms with Crippen LogP contribution in [0.3, 0.4) is 0 Å². The van der Waals surface area contributed by atoms with Crippen molar-refractivity contribution in [3.8, 4) is 11.1 Å². The van der Waals surface area contributed by atoms with E-state index in [4.69, 9.17) is 0 Å². The van der Waals surface area contributed by atoms with Gasteiger partial charge in [-0.05, 0) is 59.0 Å². The second-order valence-corrected chi connectivity index (χ2v) is 12.3. The van der Waals surface area contributed by atoms with Gasteiger partial charge in [-0.3, -0.25) is 9.69 Å². The molecule has 1 aliphatic rings. The van der Waals surface area contributed by atoms with E-state index in [9.17, 15) is 13.2 Å². The number of sulfonamides is 1. The normalized spacial score (nSPS) is 16.2. The number of hydrogen-bond acceptors (Lipinski definition) is 5. The number of piperazine rings is 1. The number of carbonyl (C=O) groups is 1. The van der Waals surface area contributed by atoms with Gasteiger partial charge in [0, 0.05) is 43.5 Å². The third-order valence-electron chi connectivity index (χ3n) is 7.53. The largest absolute Gasteiger partial charge is 0.369 e. The molecule has 1 saturated heterocycles. The van der Waals surface area contributed by atoms with Gasteiger partial charge < -0.3 is 4.90 Å². The van der Waals surface area contributed by atoms with Crippen molar-refractivity contribution in [2.24, 2.45) is 5.92 Å². The number of hydrogen-bond donors (Lipinski definition) is 1. The molecule has 4 aromatic carbocycles. The van der Waals surface area contributed by atoms with Crippen LogP contribution in [0.1, 0.15) is 29.8 Å². The summed E-state index contributed by atoms with van der Waals surface area (Å²) < 4.78 is 27.2. The SMILES string of the molecule is CC(C)C1CN(c2ccc(C(=O)NS(=O)(=O)c3ccccc3)cc2)CCN1Cc1ccc(-c2ccccc2)cc1. The zero-order chi connectivity index (χ0) is 28.1. The van der Waals surface area contributed by atoms with Gasteiger partial charge in [0.15, 0.2) is 0 Å². The molecule has 1 aliphatic heterocycles. The van der Waals surface area contributed by atoms with Gasteiger partial charge in [0.25, 0.3) is 15.9 Å². The molecule has 1 fully saturated rings. The number of anilines is 1. The first kappa shape index (κ1) is 27.6. The highest BCUT2D eigenvalue weighted by Crippen LogP contribution is 2.26. The summed E-state index contributed by atoms with van der Waals surface area (Å²) in [5.41, 5.74) is 5.09. The Balaban J connectivity index is 1.22. The summed E-state index contributed by atoms with van der Waals surface area (Å²) in [7, 11) is -3.92. The molecule has 0 aliphatic carbocycles. The average Bonchev–Trinajstić information content (AvgIpc) is 2.98. The quantitative estimate of drug-likeness (QED) is 0.298. The maximum absolute atomic E-state index is 12.7. The number of benzene rings is 4. The molecule has 6 nitrogen and oxygen atoms in total. The fourth-order valence-corrected chi connectivity index (χ4v) is 6.24. The predicted molar refractivity (Wildman–Crippen MR) is 161 cm³/mol. The van der Waals surface area contributed by atoms with Crippen molar-refractivity contribution in [1.29, 1.82) is 0 Å². The standard InChI is InChI=1S/C33H35N3O3S/c1-25(2)32-24-35(21-22-36(32)23-26-13-15-28(16-14-26)27-9-5-3-6-10-27)30-19-17-29(18-20-30)33(37)34-40(38,39)31-11-7-4-8-12-31/h3-20,25,32H,21-24H2,1-2H3,(H,34,37). The molecule has 7 heteroatoms. The molecule has 0 saturated carbocycles. The molecule has 1 atom stereocenters. The lowest BCUT2D eigenvalue weighted by atomic mass is 9.97. The molecular weight excluding hydrogens is 518 g/mol. The van der Waals surface area contributed by atoms with Gasteiger partial charge >= 0.3 is 0 Å². The third-order valence-corrected chi connectivity index (χ3v) is 8.87. The van der Waals surface area contributed by atoms with Crippen LogP contribution in [0.2, 0.25) is 0 Å². The van der Waals surface area contributed by atoms with E-state index < -0.39 is 15.9 Å². The Bertz CT molecular complexity index is 1520. The number of amides is 1. The minimum Gasteiger partial charge on any atom is -0.369 e. The smallest absolute Gasteiger partial charge is 0.264 e. The molecule has 0 spiro atoms. The van der Waals surface area contributed by atoms with E-state index in [1.807, 2.05) is 18.2 Å². The number of rotatable bonds is 8. The lowest BCUT2D eigenvalue weighted by molar-refractivity contribution is 0.0981. The summed E-state index contributed by atoms with van der Waals surface area (Å²) >= 11 is 0. The molecule has 1 amide bonds. The Kier molecular flexibility index (Phi) is 8.33. The van der Waals surface area contributed by atoms with E-state index >= 15 is 0 Å². The van der Waals surface area contributed by atoms with Crippen molar-refractivity contribution in [2.75, 3.05) is 24.5 Å². The zero-order valence-electron chi connectivity index (χ0n) is 22.9. The lowest BCUT2D eigenvalue weighted by Gasteiger charge is -2.44. The fourth-order valence-electron chi connectivity index (χ4n) is 5.24. The summed E-state index contributed by atoms with van der Waals surface area (Å²) in [6.07, 6.45) is 0. The van der Waals surface area contributed by atoms with Crippen LogP contribution in [-0.4, -0.2) is 44.9 Å². The Labute approximate surface area is 237 Å². The van der Waals surface area contributed by atoms with Gasteiger partial charge in [0.1, 0.15) is 0 Å². The highest BCUT2D eigenvalue weighted by Gasteiger charge is 2.29. The van der Waals surface area contributed by atoms with Crippen LogP contribution in [0, 0.1) is 5.92 Å². The van der Waals surface area contributed by atoms with Gasteiger partial charge in [-0.15, -0.1) is 0 Å². The van der Waals surface area contributed by atoms with E-state index in [2.05, 4.69) is 76.9 Å². The minimum atomic E-state index is -3.92. The maximum Gasteiger partial charge on any atom is 0.264 e. The summed E-state index contributed by atoms with van der Waals surface area (Å²) in [4.78, 5) is 17.6. The number of carbonyl (C=O) groups excluding carboxylic acids is 1. The molecule has 1 N–H and O–H groups in total. The topological polar surface area (TPSA) is 69.7 Å². The maximum atomic E-state index is 12.7. The zero-order valence-corrected chi connectivity index (χ0v) is 23.7. The lowest BCUT2D eigenvalue weighted by Crippen LogP contribution is -2.54. The molecule has 40 heavy (non-hydrogen) atoms. The number of nitrogens with one attached hydrogen (secondary N) is 1. The van der Waals surface area contributed by atoms with Crippen LogP contribution in [0.15, 0.2) is 114 Å². The molecule has 206 valence electrons. The highest BCUT2D eigenvalue weighted by molar-refractivity contribution is 7.90. The second-order valence-electron chi connectivity index (χ2n) is 10.6. The first-order chi connectivity index (χ1) is 19.3. The highest BCUT2D eigenvalue weighted by atomic mass is 32.2. The average molecular weight is 554 g/mol. The molecule has 0 bridgehead atoms. The molecule has 1 unspecified atom stereocenters. The van der Waals surface area contributed by atoms with Gasteiger partial charge in [-0.2, -0.15) is 0 Å². The van der Waals surface area contributed by atoms with Crippen LogP contribution in [0.25, 0.3) is 11.1 Å². The van der Waals surface area contributed by atoms with Crippen molar-refractivity contribution in [3.05, 3.63) is 120 Å². The first-order valence-corrected chi connectivity index (χ1v) is 15.1. The second kappa shape index (κ2) is 12.1. The van der Waals surface area contributed by atoms with Crippen molar-refractivity contribution in [2.45, 2.75) is 31.3 Å². The van der Waals surface area contributed by atoms with Crippen molar-refractivity contribution in [3.63, 3.8) is 0 Å². The summed E-state index contributed by atoms with van der Waals surface area (Å²) in [6, 6.07) is 34.8. The molecule has 0 radical (unpaired) electrons.